The number of β-amino-alcohol motifs (C(OH)–C–C–N with tert-alkyl or cyclic N) is 1. The number of carbonyl (C=O) groups is 2. The van der Waals surface area contributed by atoms with Gasteiger partial charge in [0.15, 0.2) is 11.5 Å². The van der Waals surface area contributed by atoms with E-state index in [0.717, 1.165) is 13.1 Å². The van der Waals surface area contributed by atoms with Crippen LogP contribution in [0.2, 0.25) is 0 Å². The first-order valence-corrected chi connectivity index (χ1v) is 8.89. The Kier molecular flexibility index (Phi) is 5.39. The van der Waals surface area contributed by atoms with E-state index in [1.54, 1.807) is 11.0 Å². The number of hydrogen-bond donors (Lipinski definition) is 2. The van der Waals surface area contributed by atoms with E-state index in [2.05, 4.69) is 15.4 Å². The summed E-state index contributed by atoms with van der Waals surface area (Å²) in [5.74, 6) is 0.195. The van der Waals surface area contributed by atoms with Gasteiger partial charge in [0.2, 0.25) is 5.91 Å². The lowest BCUT2D eigenvalue weighted by Crippen LogP contribution is -2.52. The molecular formula is C17H26N4O4. The number of piperidine rings is 1. The minimum absolute atomic E-state index is 0.00763. The zero-order valence-corrected chi connectivity index (χ0v) is 14.7. The van der Waals surface area contributed by atoms with E-state index in [9.17, 15) is 14.7 Å². The van der Waals surface area contributed by atoms with Gasteiger partial charge in [0.05, 0.1) is 25.1 Å². The lowest BCUT2D eigenvalue weighted by atomic mass is 9.89. The van der Waals surface area contributed by atoms with E-state index in [4.69, 9.17) is 4.52 Å². The third-order valence-corrected chi connectivity index (χ3v) is 4.97. The fourth-order valence-corrected chi connectivity index (χ4v) is 3.63. The number of hydrogen-bond acceptors (Lipinski definition) is 6. The normalized spacial score (nSPS) is 24.5. The zero-order valence-electron chi connectivity index (χ0n) is 14.7. The third kappa shape index (κ3) is 4.38. The molecule has 1 atom stereocenters. The van der Waals surface area contributed by atoms with Gasteiger partial charge in [-0.2, -0.15) is 0 Å². The summed E-state index contributed by atoms with van der Waals surface area (Å²) in [6.07, 6.45) is 3.53. The SMILES string of the molecule is CNC(=O)CC1(O)CCCN(C(=O)c2cc(CN3CCCC3)on2)C1. The molecule has 1 unspecified atom stereocenters. The van der Waals surface area contributed by atoms with Gasteiger partial charge in [-0.15, -0.1) is 0 Å². The van der Waals surface area contributed by atoms with Gasteiger partial charge in [-0.1, -0.05) is 5.16 Å². The van der Waals surface area contributed by atoms with Crippen LogP contribution in [-0.4, -0.2) is 70.7 Å². The molecule has 2 fully saturated rings. The van der Waals surface area contributed by atoms with Crippen molar-refractivity contribution in [2.24, 2.45) is 0 Å². The van der Waals surface area contributed by atoms with E-state index in [0.29, 0.717) is 31.7 Å². The standard InChI is InChI=1S/C17H26N4O4/c1-18-15(22)10-17(24)5-4-8-21(12-17)16(23)14-9-13(25-19-14)11-20-6-2-3-7-20/h9,24H,2-8,10-12H2,1H3,(H,18,22). The van der Waals surface area contributed by atoms with Crippen molar-refractivity contribution >= 4 is 11.8 Å². The van der Waals surface area contributed by atoms with E-state index in [-0.39, 0.29) is 30.5 Å². The summed E-state index contributed by atoms with van der Waals surface area (Å²) in [4.78, 5) is 28.1. The maximum Gasteiger partial charge on any atom is 0.276 e. The molecule has 2 aliphatic heterocycles. The maximum atomic E-state index is 12.7. The summed E-state index contributed by atoms with van der Waals surface area (Å²) >= 11 is 0. The van der Waals surface area contributed by atoms with E-state index in [1.165, 1.54) is 19.9 Å². The molecule has 0 radical (unpaired) electrons. The number of nitrogens with one attached hydrogen (secondary N) is 1. The molecule has 0 aromatic carbocycles. The molecule has 2 aliphatic rings. The first-order valence-electron chi connectivity index (χ1n) is 8.89. The van der Waals surface area contributed by atoms with E-state index in [1.807, 2.05) is 0 Å². The fraction of sp³-hybridized carbons (Fsp3) is 0.706. The number of aromatic nitrogens is 1. The van der Waals surface area contributed by atoms with Gasteiger partial charge in [0.25, 0.3) is 5.91 Å². The van der Waals surface area contributed by atoms with Crippen LogP contribution in [0.15, 0.2) is 10.6 Å². The molecule has 3 rings (SSSR count). The molecule has 2 saturated heterocycles. The second-order valence-corrected chi connectivity index (χ2v) is 7.07. The highest BCUT2D eigenvalue weighted by Crippen LogP contribution is 2.26. The lowest BCUT2D eigenvalue weighted by Gasteiger charge is -2.38. The molecule has 25 heavy (non-hydrogen) atoms. The Bertz CT molecular complexity index is 626. The molecule has 138 valence electrons. The van der Waals surface area contributed by atoms with Crippen LogP contribution in [0.1, 0.15) is 48.4 Å². The monoisotopic (exact) mass is 350 g/mol. The smallest absolute Gasteiger partial charge is 0.276 e. The molecule has 0 spiro atoms. The minimum Gasteiger partial charge on any atom is -0.388 e. The van der Waals surface area contributed by atoms with Gasteiger partial charge in [0, 0.05) is 19.7 Å². The van der Waals surface area contributed by atoms with Crippen molar-refractivity contribution < 1.29 is 19.2 Å². The van der Waals surface area contributed by atoms with E-state index < -0.39 is 5.60 Å². The van der Waals surface area contributed by atoms with Gasteiger partial charge in [-0.3, -0.25) is 14.5 Å². The predicted molar refractivity (Wildman–Crippen MR) is 89.8 cm³/mol. The Balaban J connectivity index is 1.62. The maximum absolute atomic E-state index is 12.7. The average Bonchev–Trinajstić information content (AvgIpc) is 3.26. The summed E-state index contributed by atoms with van der Waals surface area (Å²) in [7, 11) is 1.54. The average molecular weight is 350 g/mol. The predicted octanol–water partition coefficient (Wildman–Crippen LogP) is 0.374. The fourth-order valence-electron chi connectivity index (χ4n) is 3.63. The Morgan fingerprint density at radius 2 is 2.08 bits per heavy atom. The highest BCUT2D eigenvalue weighted by atomic mass is 16.5. The number of carbonyl (C=O) groups excluding carboxylic acids is 2. The van der Waals surface area contributed by atoms with Crippen LogP contribution >= 0.6 is 0 Å². The Hall–Kier alpha value is -1.93. The largest absolute Gasteiger partial charge is 0.388 e. The van der Waals surface area contributed by atoms with Gasteiger partial charge < -0.3 is 19.8 Å². The van der Waals surface area contributed by atoms with Crippen molar-refractivity contribution in [1.29, 1.82) is 0 Å². The lowest BCUT2D eigenvalue weighted by molar-refractivity contribution is -0.127. The molecule has 0 saturated carbocycles. The second kappa shape index (κ2) is 7.53. The molecule has 0 aliphatic carbocycles. The first-order chi connectivity index (χ1) is 12.0. The molecule has 2 N–H and O–H groups in total. The van der Waals surface area contributed by atoms with Gasteiger partial charge in [0.1, 0.15) is 0 Å². The highest BCUT2D eigenvalue weighted by molar-refractivity contribution is 5.92. The number of aliphatic hydroxyl groups is 1. The van der Waals surface area contributed by atoms with Crippen LogP contribution in [0, 0.1) is 0 Å². The van der Waals surface area contributed by atoms with Crippen LogP contribution in [0.4, 0.5) is 0 Å². The Labute approximate surface area is 147 Å². The van der Waals surface area contributed by atoms with Crippen LogP contribution in [0.25, 0.3) is 0 Å². The number of likely N-dealkylation sites (tertiary alicyclic amines) is 2. The second-order valence-electron chi connectivity index (χ2n) is 7.07. The summed E-state index contributed by atoms with van der Waals surface area (Å²) < 4.78 is 5.31. The van der Waals surface area contributed by atoms with Crippen LogP contribution < -0.4 is 5.32 Å². The summed E-state index contributed by atoms with van der Waals surface area (Å²) in [5, 5.41) is 17.0. The van der Waals surface area contributed by atoms with Gasteiger partial charge >= 0.3 is 0 Å². The van der Waals surface area contributed by atoms with Crippen molar-refractivity contribution in [2.75, 3.05) is 33.2 Å². The number of nitrogens with zero attached hydrogens (tertiary/aromatic N) is 3. The first kappa shape index (κ1) is 17.9. The number of amides is 2. The van der Waals surface area contributed by atoms with Gasteiger partial charge in [-0.25, -0.2) is 0 Å². The molecular weight excluding hydrogens is 324 g/mol. The summed E-state index contributed by atoms with van der Waals surface area (Å²) in [6.45, 7) is 3.43. The molecule has 0 bridgehead atoms. The summed E-state index contributed by atoms with van der Waals surface area (Å²) in [6, 6.07) is 1.69. The van der Waals surface area contributed by atoms with Crippen molar-refractivity contribution in [2.45, 2.75) is 44.2 Å². The third-order valence-electron chi connectivity index (χ3n) is 4.97. The van der Waals surface area contributed by atoms with E-state index >= 15 is 0 Å². The van der Waals surface area contributed by atoms with Crippen molar-refractivity contribution in [3.63, 3.8) is 0 Å². The number of rotatable bonds is 5. The molecule has 3 heterocycles. The molecule has 2 amide bonds. The topological polar surface area (TPSA) is 98.9 Å². The quantitative estimate of drug-likeness (QED) is 0.796. The molecule has 8 heteroatoms. The van der Waals surface area contributed by atoms with Crippen LogP contribution in [0.3, 0.4) is 0 Å². The highest BCUT2D eigenvalue weighted by Gasteiger charge is 2.37. The molecule has 1 aromatic heterocycles. The van der Waals surface area contributed by atoms with Crippen molar-refractivity contribution in [3.8, 4) is 0 Å². The zero-order chi connectivity index (χ0) is 17.9. The molecule has 8 nitrogen and oxygen atoms in total. The van der Waals surface area contributed by atoms with Crippen LogP contribution in [0.5, 0.6) is 0 Å². The van der Waals surface area contributed by atoms with Gasteiger partial charge in [-0.05, 0) is 38.8 Å². The Morgan fingerprint density at radius 3 is 2.80 bits per heavy atom. The Morgan fingerprint density at radius 1 is 1.32 bits per heavy atom. The van der Waals surface area contributed by atoms with Crippen molar-refractivity contribution in [1.82, 2.24) is 20.3 Å². The van der Waals surface area contributed by atoms with Crippen molar-refractivity contribution in [3.05, 3.63) is 17.5 Å². The minimum atomic E-state index is -1.18. The molecule has 1 aromatic rings. The summed E-state index contributed by atoms with van der Waals surface area (Å²) in [5.41, 5.74) is -0.922. The van der Waals surface area contributed by atoms with Crippen LogP contribution in [-0.2, 0) is 11.3 Å².